The normalized spacial score (nSPS) is 21.9. The predicted molar refractivity (Wildman–Crippen MR) is 55.9 cm³/mol. The maximum atomic E-state index is 11.4. The summed E-state index contributed by atoms with van der Waals surface area (Å²) in [5.41, 5.74) is 5.45. The van der Waals surface area contributed by atoms with E-state index in [4.69, 9.17) is 5.73 Å². The third kappa shape index (κ3) is 3.91. The predicted octanol–water partition coefficient (Wildman–Crippen LogP) is -0.444. The maximum absolute atomic E-state index is 11.4. The number of hydrogen-bond donors (Lipinski definition) is 3. The van der Waals surface area contributed by atoms with Gasteiger partial charge >= 0.3 is 0 Å². The highest BCUT2D eigenvalue weighted by Gasteiger charge is 2.28. The van der Waals surface area contributed by atoms with Gasteiger partial charge in [0.2, 0.25) is 0 Å². The van der Waals surface area contributed by atoms with Gasteiger partial charge in [0.1, 0.15) is 0 Å². The highest BCUT2D eigenvalue weighted by molar-refractivity contribution is 7.87. The van der Waals surface area contributed by atoms with Crippen LogP contribution < -0.4 is 15.2 Å². The molecule has 0 aromatic heterocycles. The van der Waals surface area contributed by atoms with Crippen molar-refractivity contribution in [2.75, 3.05) is 6.54 Å². The fourth-order valence-corrected chi connectivity index (χ4v) is 2.48. The summed E-state index contributed by atoms with van der Waals surface area (Å²) in [7, 11) is -3.33. The minimum Gasteiger partial charge on any atom is -0.330 e. The highest BCUT2D eigenvalue weighted by Crippen LogP contribution is 2.19. The van der Waals surface area contributed by atoms with Gasteiger partial charge in [0.05, 0.1) is 0 Å². The first-order valence-electron chi connectivity index (χ1n) is 4.94. The summed E-state index contributed by atoms with van der Waals surface area (Å²) < 4.78 is 28.0. The molecule has 84 valence electrons. The second kappa shape index (κ2) is 4.57. The van der Waals surface area contributed by atoms with E-state index in [1.165, 1.54) is 0 Å². The number of nitrogens with one attached hydrogen (secondary N) is 2. The lowest BCUT2D eigenvalue weighted by Gasteiger charge is -2.19. The Bertz CT molecular complexity index is 274. The summed E-state index contributed by atoms with van der Waals surface area (Å²) in [5, 5.41) is 0. The highest BCUT2D eigenvalue weighted by atomic mass is 32.2. The summed E-state index contributed by atoms with van der Waals surface area (Å²) in [6.07, 6.45) is 1.89. The largest absolute Gasteiger partial charge is 0.330 e. The number of hydrogen-bond acceptors (Lipinski definition) is 3. The van der Waals surface area contributed by atoms with Crippen LogP contribution in [-0.2, 0) is 10.2 Å². The van der Waals surface area contributed by atoms with E-state index in [-0.39, 0.29) is 18.0 Å². The molecular formula is C8H19N3O2S. The lowest BCUT2D eigenvalue weighted by atomic mass is 10.1. The van der Waals surface area contributed by atoms with Crippen LogP contribution >= 0.6 is 0 Å². The zero-order chi connectivity index (χ0) is 10.8. The number of nitrogens with two attached hydrogens (primary N) is 1. The molecule has 1 fully saturated rings. The molecule has 1 rings (SSSR count). The van der Waals surface area contributed by atoms with Crippen LogP contribution in [0, 0.1) is 5.92 Å². The van der Waals surface area contributed by atoms with Gasteiger partial charge in [-0.3, -0.25) is 0 Å². The molecule has 1 aliphatic rings. The molecular weight excluding hydrogens is 202 g/mol. The molecule has 2 atom stereocenters. The molecule has 0 aromatic rings. The second-order valence-electron chi connectivity index (χ2n) is 4.02. The van der Waals surface area contributed by atoms with Gasteiger partial charge in [0, 0.05) is 12.1 Å². The van der Waals surface area contributed by atoms with Gasteiger partial charge in [-0.15, -0.1) is 0 Å². The minimum atomic E-state index is -3.33. The van der Waals surface area contributed by atoms with E-state index in [1.54, 1.807) is 0 Å². The topological polar surface area (TPSA) is 84.2 Å². The Labute approximate surface area is 85.6 Å². The van der Waals surface area contributed by atoms with Crippen molar-refractivity contribution in [3.05, 3.63) is 0 Å². The van der Waals surface area contributed by atoms with Crippen molar-refractivity contribution in [1.29, 1.82) is 0 Å². The van der Waals surface area contributed by atoms with Crippen molar-refractivity contribution in [1.82, 2.24) is 9.44 Å². The van der Waals surface area contributed by atoms with Crippen LogP contribution in [0.1, 0.15) is 26.7 Å². The van der Waals surface area contributed by atoms with Crippen LogP contribution in [0.5, 0.6) is 0 Å². The monoisotopic (exact) mass is 221 g/mol. The van der Waals surface area contributed by atoms with Crippen molar-refractivity contribution in [2.45, 2.75) is 38.8 Å². The molecule has 4 N–H and O–H groups in total. The van der Waals surface area contributed by atoms with E-state index >= 15 is 0 Å². The molecule has 0 amide bonds. The smallest absolute Gasteiger partial charge is 0.277 e. The molecule has 0 radical (unpaired) electrons. The molecule has 2 unspecified atom stereocenters. The second-order valence-corrected chi connectivity index (χ2v) is 5.49. The lowest BCUT2D eigenvalue weighted by Crippen LogP contribution is -2.46. The van der Waals surface area contributed by atoms with Gasteiger partial charge < -0.3 is 5.73 Å². The molecule has 14 heavy (non-hydrogen) atoms. The summed E-state index contributed by atoms with van der Waals surface area (Å²) in [6.45, 7) is 4.22. The Morgan fingerprint density at radius 3 is 2.43 bits per heavy atom. The van der Waals surface area contributed by atoms with Crippen LogP contribution in [0.15, 0.2) is 0 Å². The summed E-state index contributed by atoms with van der Waals surface area (Å²) >= 11 is 0. The zero-order valence-electron chi connectivity index (χ0n) is 8.66. The van der Waals surface area contributed by atoms with E-state index in [0.717, 1.165) is 12.8 Å². The Morgan fingerprint density at radius 2 is 2.00 bits per heavy atom. The van der Waals surface area contributed by atoms with Gasteiger partial charge in [0.25, 0.3) is 10.2 Å². The first-order valence-corrected chi connectivity index (χ1v) is 6.42. The molecule has 1 aliphatic carbocycles. The molecule has 5 nitrogen and oxygen atoms in total. The Morgan fingerprint density at radius 1 is 1.43 bits per heavy atom. The Balaban J connectivity index is 2.40. The third-order valence-electron chi connectivity index (χ3n) is 2.47. The van der Waals surface area contributed by atoms with Crippen molar-refractivity contribution in [2.24, 2.45) is 11.7 Å². The Hall–Kier alpha value is -0.170. The van der Waals surface area contributed by atoms with Crippen LogP contribution in [0.25, 0.3) is 0 Å². The molecule has 0 aromatic carbocycles. The van der Waals surface area contributed by atoms with Gasteiger partial charge in [-0.2, -0.15) is 17.9 Å². The fourth-order valence-electron chi connectivity index (χ4n) is 1.02. The zero-order valence-corrected chi connectivity index (χ0v) is 9.47. The first kappa shape index (κ1) is 11.9. The van der Waals surface area contributed by atoms with Crippen molar-refractivity contribution >= 4 is 10.2 Å². The average molecular weight is 221 g/mol. The van der Waals surface area contributed by atoms with Crippen molar-refractivity contribution in [3.8, 4) is 0 Å². The van der Waals surface area contributed by atoms with Crippen LogP contribution in [0.4, 0.5) is 0 Å². The number of rotatable bonds is 6. The van der Waals surface area contributed by atoms with E-state index in [1.807, 2.05) is 13.8 Å². The first-order chi connectivity index (χ1) is 6.44. The summed E-state index contributed by atoms with van der Waals surface area (Å²) in [6, 6.07) is 0.0177. The van der Waals surface area contributed by atoms with E-state index in [9.17, 15) is 8.42 Å². The SMILES string of the molecule is CC(CN)C(C)NS(=O)(=O)NC1CC1. The van der Waals surface area contributed by atoms with Crippen molar-refractivity contribution in [3.63, 3.8) is 0 Å². The minimum absolute atomic E-state index is 0.128. The van der Waals surface area contributed by atoms with Gasteiger partial charge in [-0.05, 0) is 32.2 Å². The lowest BCUT2D eigenvalue weighted by molar-refractivity contribution is 0.449. The van der Waals surface area contributed by atoms with Crippen LogP contribution in [0.3, 0.4) is 0 Å². The van der Waals surface area contributed by atoms with E-state index < -0.39 is 10.2 Å². The molecule has 0 bridgehead atoms. The van der Waals surface area contributed by atoms with E-state index in [2.05, 4.69) is 9.44 Å². The summed E-state index contributed by atoms with van der Waals surface area (Å²) in [5.74, 6) is 0.144. The molecule has 6 heteroatoms. The molecule has 0 aliphatic heterocycles. The average Bonchev–Trinajstić information content (AvgIpc) is 2.84. The molecule has 1 saturated carbocycles. The van der Waals surface area contributed by atoms with Gasteiger partial charge in [0.15, 0.2) is 0 Å². The summed E-state index contributed by atoms with van der Waals surface area (Å²) in [4.78, 5) is 0. The Kier molecular flexibility index (Phi) is 3.88. The third-order valence-corrected chi connectivity index (χ3v) is 3.79. The quantitative estimate of drug-likeness (QED) is 0.568. The fraction of sp³-hybridized carbons (Fsp3) is 1.00. The molecule has 0 heterocycles. The molecule has 0 spiro atoms. The van der Waals surface area contributed by atoms with Gasteiger partial charge in [-0.1, -0.05) is 6.92 Å². The van der Waals surface area contributed by atoms with Crippen molar-refractivity contribution < 1.29 is 8.42 Å². The van der Waals surface area contributed by atoms with Crippen LogP contribution in [-0.4, -0.2) is 27.0 Å². The standard InChI is InChI=1S/C8H19N3O2S/c1-6(5-9)7(2)10-14(12,13)11-8-3-4-8/h6-8,10-11H,3-5,9H2,1-2H3. The molecule has 0 saturated heterocycles. The van der Waals surface area contributed by atoms with Gasteiger partial charge in [-0.25, -0.2) is 0 Å². The van der Waals surface area contributed by atoms with E-state index in [0.29, 0.717) is 6.54 Å². The van der Waals surface area contributed by atoms with Crippen LogP contribution in [0.2, 0.25) is 0 Å². The maximum Gasteiger partial charge on any atom is 0.277 e.